The smallest absolute Gasteiger partial charge is 0.360 e. The Balaban J connectivity index is 2.67. The molecule has 1 aromatic heterocycles. The predicted octanol–water partition coefficient (Wildman–Crippen LogP) is 2.48. The summed E-state index contributed by atoms with van der Waals surface area (Å²) in [4.78, 5) is 17.6. The van der Waals surface area contributed by atoms with E-state index in [1.54, 1.807) is 6.92 Å². The number of hydrogen-bond acceptors (Lipinski definition) is 5. The van der Waals surface area contributed by atoms with Crippen LogP contribution >= 0.6 is 0 Å². The second kappa shape index (κ2) is 6.93. The van der Waals surface area contributed by atoms with Crippen LogP contribution < -0.4 is 4.90 Å². The molecule has 0 N–H and O–H groups in total. The van der Waals surface area contributed by atoms with Crippen LogP contribution in [0.1, 0.15) is 44.1 Å². The molecule has 1 heterocycles. The van der Waals surface area contributed by atoms with Gasteiger partial charge in [0.05, 0.1) is 6.61 Å². The van der Waals surface area contributed by atoms with Gasteiger partial charge in [-0.1, -0.05) is 13.3 Å². The Labute approximate surface area is 102 Å². The molecule has 5 nitrogen and oxygen atoms in total. The lowest BCUT2D eigenvalue weighted by atomic mass is 10.3. The molecular weight excluding hydrogens is 220 g/mol. The minimum absolute atomic E-state index is 0.233. The first-order valence-corrected chi connectivity index (χ1v) is 6.10. The monoisotopic (exact) mass is 240 g/mol. The minimum atomic E-state index is -0.436. The lowest BCUT2D eigenvalue weighted by molar-refractivity contribution is 0.0519. The van der Waals surface area contributed by atoms with Gasteiger partial charge >= 0.3 is 5.97 Å². The number of carbonyl (C=O) groups is 1. The summed E-state index contributed by atoms with van der Waals surface area (Å²) in [6, 6.07) is 0.490. The molecule has 5 heteroatoms. The van der Waals surface area contributed by atoms with Crippen LogP contribution in [0, 0.1) is 0 Å². The largest absolute Gasteiger partial charge is 0.461 e. The molecule has 0 aromatic carbocycles. The molecule has 0 bridgehead atoms. The van der Waals surface area contributed by atoms with Crippen molar-refractivity contribution in [3.8, 4) is 0 Å². The molecule has 0 aliphatic carbocycles. The molecule has 0 unspecified atom stereocenters. The van der Waals surface area contributed by atoms with Crippen LogP contribution in [0.5, 0.6) is 0 Å². The van der Waals surface area contributed by atoms with E-state index in [0.29, 0.717) is 12.6 Å². The molecule has 0 aliphatic rings. The summed E-state index contributed by atoms with van der Waals surface area (Å²) in [5.74, 6) is -0.436. The number of carbonyl (C=O) groups excluding carboxylic acids is 1. The third-order valence-corrected chi connectivity index (χ3v) is 2.41. The zero-order chi connectivity index (χ0) is 12.7. The fourth-order valence-electron chi connectivity index (χ4n) is 1.45. The third kappa shape index (κ3) is 3.76. The van der Waals surface area contributed by atoms with Crippen molar-refractivity contribution >= 4 is 12.0 Å². The molecule has 96 valence electrons. The Morgan fingerprint density at radius 3 is 2.82 bits per heavy atom. The molecule has 0 saturated carbocycles. The summed E-state index contributed by atoms with van der Waals surface area (Å²) in [5.41, 5.74) is 0.233. The van der Waals surface area contributed by atoms with Crippen LogP contribution in [0.2, 0.25) is 0 Å². The van der Waals surface area contributed by atoms with Gasteiger partial charge in [-0.15, -0.1) is 0 Å². The molecule has 0 spiro atoms. The number of anilines is 1. The summed E-state index contributed by atoms with van der Waals surface area (Å²) >= 11 is 0. The van der Waals surface area contributed by atoms with Gasteiger partial charge in [-0.05, 0) is 20.3 Å². The average Bonchev–Trinajstić information content (AvgIpc) is 2.80. The summed E-state index contributed by atoms with van der Waals surface area (Å²) in [7, 11) is 0. The molecule has 17 heavy (non-hydrogen) atoms. The molecular formula is C12H20N2O3. The van der Waals surface area contributed by atoms with Crippen molar-refractivity contribution in [2.24, 2.45) is 0 Å². The van der Waals surface area contributed by atoms with E-state index in [-0.39, 0.29) is 5.69 Å². The summed E-state index contributed by atoms with van der Waals surface area (Å²) in [6.07, 6.45) is 3.54. The van der Waals surface area contributed by atoms with E-state index >= 15 is 0 Å². The topological polar surface area (TPSA) is 55.6 Å². The minimum Gasteiger partial charge on any atom is -0.461 e. The normalized spacial score (nSPS) is 10.3. The number of ether oxygens (including phenoxy) is 1. The molecule has 0 amide bonds. The van der Waals surface area contributed by atoms with Crippen LogP contribution in [0.25, 0.3) is 0 Å². The second-order valence-electron chi connectivity index (χ2n) is 3.67. The lowest BCUT2D eigenvalue weighted by Gasteiger charge is -2.17. The fourth-order valence-corrected chi connectivity index (χ4v) is 1.45. The van der Waals surface area contributed by atoms with Gasteiger partial charge in [0.2, 0.25) is 0 Å². The maximum Gasteiger partial charge on any atom is 0.360 e. The molecule has 0 atom stereocenters. The van der Waals surface area contributed by atoms with E-state index in [1.807, 2.05) is 11.8 Å². The molecule has 0 radical (unpaired) electrons. The summed E-state index contributed by atoms with van der Waals surface area (Å²) in [6.45, 7) is 7.96. The van der Waals surface area contributed by atoms with E-state index in [9.17, 15) is 4.79 Å². The number of oxazole rings is 1. The van der Waals surface area contributed by atoms with Gasteiger partial charge in [-0.2, -0.15) is 4.98 Å². The van der Waals surface area contributed by atoms with Crippen molar-refractivity contribution in [1.29, 1.82) is 0 Å². The van der Waals surface area contributed by atoms with Crippen LogP contribution in [-0.4, -0.2) is 30.6 Å². The van der Waals surface area contributed by atoms with Crippen LogP contribution in [0.3, 0.4) is 0 Å². The number of unbranched alkanes of at least 4 members (excludes halogenated alkanes) is 1. The first-order chi connectivity index (χ1) is 8.22. The Kier molecular flexibility index (Phi) is 5.52. The van der Waals surface area contributed by atoms with Gasteiger partial charge in [-0.3, -0.25) is 0 Å². The Bertz CT molecular complexity index is 349. The van der Waals surface area contributed by atoms with Gasteiger partial charge in [-0.25, -0.2) is 4.79 Å². The van der Waals surface area contributed by atoms with Crippen LogP contribution in [0.15, 0.2) is 10.7 Å². The van der Waals surface area contributed by atoms with Gasteiger partial charge in [0.25, 0.3) is 6.01 Å². The zero-order valence-electron chi connectivity index (χ0n) is 10.7. The quantitative estimate of drug-likeness (QED) is 0.685. The van der Waals surface area contributed by atoms with Crippen LogP contribution in [0.4, 0.5) is 6.01 Å². The van der Waals surface area contributed by atoms with Crippen molar-refractivity contribution < 1.29 is 13.9 Å². The van der Waals surface area contributed by atoms with Crippen molar-refractivity contribution in [1.82, 2.24) is 4.98 Å². The second-order valence-corrected chi connectivity index (χ2v) is 3.67. The summed E-state index contributed by atoms with van der Waals surface area (Å²) in [5, 5.41) is 0. The van der Waals surface area contributed by atoms with Crippen molar-refractivity contribution in [3.63, 3.8) is 0 Å². The van der Waals surface area contributed by atoms with Crippen LogP contribution in [-0.2, 0) is 4.74 Å². The number of esters is 1. The highest BCUT2D eigenvalue weighted by molar-refractivity contribution is 5.87. The highest BCUT2D eigenvalue weighted by atomic mass is 16.5. The fraction of sp³-hybridized carbons (Fsp3) is 0.667. The van der Waals surface area contributed by atoms with E-state index in [2.05, 4.69) is 11.9 Å². The molecule has 0 aliphatic heterocycles. The highest BCUT2D eigenvalue weighted by Crippen LogP contribution is 2.14. The lowest BCUT2D eigenvalue weighted by Crippen LogP contribution is -2.24. The van der Waals surface area contributed by atoms with Crippen molar-refractivity contribution in [2.45, 2.75) is 33.6 Å². The standard InChI is InChI=1S/C12H20N2O3/c1-4-7-8-14(5-2)12-13-10(9-17-12)11(15)16-6-3/h9H,4-8H2,1-3H3. The number of nitrogens with zero attached hydrogens (tertiary/aromatic N) is 2. The van der Waals surface area contributed by atoms with Crippen molar-refractivity contribution in [2.75, 3.05) is 24.6 Å². The molecule has 1 aromatic rings. The predicted molar refractivity (Wildman–Crippen MR) is 65.3 cm³/mol. The number of rotatable bonds is 7. The molecule has 0 fully saturated rings. The highest BCUT2D eigenvalue weighted by Gasteiger charge is 2.16. The van der Waals surface area contributed by atoms with Gasteiger partial charge in [0.15, 0.2) is 5.69 Å². The SMILES string of the molecule is CCCCN(CC)c1nc(C(=O)OCC)co1. The average molecular weight is 240 g/mol. The van der Waals surface area contributed by atoms with Gasteiger partial charge in [0, 0.05) is 13.1 Å². The van der Waals surface area contributed by atoms with Crippen molar-refractivity contribution in [3.05, 3.63) is 12.0 Å². The maximum absolute atomic E-state index is 11.4. The number of hydrogen-bond donors (Lipinski definition) is 0. The van der Waals surface area contributed by atoms with Gasteiger partial charge in [0.1, 0.15) is 6.26 Å². The van der Waals surface area contributed by atoms with E-state index in [4.69, 9.17) is 9.15 Å². The zero-order valence-corrected chi connectivity index (χ0v) is 10.7. The first kappa shape index (κ1) is 13.5. The molecule has 0 saturated heterocycles. The maximum atomic E-state index is 11.4. The third-order valence-electron chi connectivity index (χ3n) is 2.41. The van der Waals surface area contributed by atoms with E-state index < -0.39 is 5.97 Å². The Morgan fingerprint density at radius 1 is 1.47 bits per heavy atom. The first-order valence-electron chi connectivity index (χ1n) is 6.10. The Hall–Kier alpha value is -1.52. The van der Waals surface area contributed by atoms with E-state index in [1.165, 1.54) is 6.26 Å². The Morgan fingerprint density at radius 2 is 2.24 bits per heavy atom. The molecule has 1 rings (SSSR count). The van der Waals surface area contributed by atoms with E-state index in [0.717, 1.165) is 25.9 Å². The summed E-state index contributed by atoms with van der Waals surface area (Å²) < 4.78 is 10.2. The number of aromatic nitrogens is 1. The van der Waals surface area contributed by atoms with Gasteiger partial charge < -0.3 is 14.1 Å².